The molecule has 0 saturated heterocycles. The predicted octanol–water partition coefficient (Wildman–Crippen LogP) is 5.37. The van der Waals surface area contributed by atoms with Gasteiger partial charge in [0.15, 0.2) is 0 Å². The highest BCUT2D eigenvalue weighted by Gasteiger charge is 2.41. The van der Waals surface area contributed by atoms with Crippen LogP contribution in [0.3, 0.4) is 0 Å². The Balaban J connectivity index is 1.42. The highest BCUT2D eigenvalue weighted by atomic mass is 19.4. The van der Waals surface area contributed by atoms with Crippen molar-refractivity contribution in [1.29, 1.82) is 0 Å². The van der Waals surface area contributed by atoms with Crippen molar-refractivity contribution in [2.75, 3.05) is 6.54 Å². The summed E-state index contributed by atoms with van der Waals surface area (Å²) in [4.78, 5) is 51.1. The molecule has 0 unspecified atom stereocenters. The summed E-state index contributed by atoms with van der Waals surface area (Å²) >= 11 is 0. The van der Waals surface area contributed by atoms with Crippen molar-refractivity contribution in [3.05, 3.63) is 99.4 Å². The third kappa shape index (κ3) is 4.86. The van der Waals surface area contributed by atoms with E-state index in [1.165, 1.54) is 30.3 Å². The Morgan fingerprint density at radius 1 is 0.897 bits per heavy atom. The fraction of sp³-hybridized carbons (Fsp3) is 0.143. The number of ether oxygens (including phenoxy) is 2. The third-order valence-electron chi connectivity index (χ3n) is 6.03. The Morgan fingerprint density at radius 3 is 2.10 bits per heavy atom. The van der Waals surface area contributed by atoms with E-state index in [2.05, 4.69) is 0 Å². The molecule has 1 aliphatic heterocycles. The molecule has 1 aliphatic rings. The molecule has 0 saturated carbocycles. The fourth-order valence-corrected chi connectivity index (χ4v) is 4.09. The van der Waals surface area contributed by atoms with Crippen molar-refractivity contribution in [2.24, 2.45) is 0 Å². The first-order valence-corrected chi connectivity index (χ1v) is 11.7. The SMILES string of the molecule is CCc1ccc(Oc2c(C(F)(F)F)oc3cc(OC(=O)CN4C(=O)c5ccccc5C4=O)ccc3c2=O)cc1. The molecule has 4 aromatic rings. The number of hydrogen-bond donors (Lipinski definition) is 0. The first-order chi connectivity index (χ1) is 18.6. The van der Waals surface area contributed by atoms with Crippen LogP contribution >= 0.6 is 0 Å². The quantitative estimate of drug-likeness (QED) is 0.185. The Kier molecular flexibility index (Phi) is 6.43. The number of fused-ring (bicyclic) bond motifs is 2. The van der Waals surface area contributed by atoms with Crippen LogP contribution in [0.25, 0.3) is 11.0 Å². The zero-order chi connectivity index (χ0) is 27.9. The highest BCUT2D eigenvalue weighted by molar-refractivity contribution is 6.22. The van der Waals surface area contributed by atoms with Crippen LogP contribution in [0.4, 0.5) is 13.2 Å². The normalized spacial score (nSPS) is 13.1. The van der Waals surface area contributed by atoms with Crippen LogP contribution in [0.2, 0.25) is 0 Å². The lowest BCUT2D eigenvalue weighted by Crippen LogP contribution is -2.36. The van der Waals surface area contributed by atoms with Crippen LogP contribution in [0.5, 0.6) is 17.2 Å². The zero-order valence-electron chi connectivity index (χ0n) is 20.2. The molecule has 0 bridgehead atoms. The molecular formula is C28H18F3NO7. The summed E-state index contributed by atoms with van der Waals surface area (Å²) < 4.78 is 57.0. The first-order valence-electron chi connectivity index (χ1n) is 11.7. The monoisotopic (exact) mass is 537 g/mol. The van der Waals surface area contributed by atoms with Crippen LogP contribution in [0.15, 0.2) is 75.9 Å². The molecular weight excluding hydrogens is 519 g/mol. The summed E-state index contributed by atoms with van der Waals surface area (Å²) in [5.74, 6) is -5.32. The van der Waals surface area contributed by atoms with Crippen LogP contribution in [0.1, 0.15) is 39.0 Å². The second kappa shape index (κ2) is 9.75. The standard InChI is InChI=1S/C28H18F3NO7/c1-2-15-7-9-16(10-8-15)38-24-23(34)20-12-11-17(13-21(20)39-25(24)28(29,30)31)37-22(33)14-32-26(35)18-5-3-4-6-19(18)27(32)36/h3-13H,2,14H2,1H3. The number of amides is 2. The molecule has 2 heterocycles. The van der Waals surface area contributed by atoms with Gasteiger partial charge in [0.05, 0.1) is 16.5 Å². The molecule has 0 aliphatic carbocycles. The second-order valence-electron chi connectivity index (χ2n) is 8.56. The molecule has 0 radical (unpaired) electrons. The van der Waals surface area contributed by atoms with E-state index in [9.17, 15) is 32.3 Å². The maximum atomic E-state index is 13.8. The molecule has 1 aromatic heterocycles. The van der Waals surface area contributed by atoms with Crippen molar-refractivity contribution in [3.63, 3.8) is 0 Å². The largest absolute Gasteiger partial charge is 0.453 e. The van der Waals surface area contributed by atoms with Gasteiger partial charge in [-0.25, -0.2) is 4.79 Å². The minimum absolute atomic E-state index is 0.0167. The van der Waals surface area contributed by atoms with Crippen molar-refractivity contribution in [3.8, 4) is 17.2 Å². The smallest absolute Gasteiger partial charge is 0.449 e. The molecule has 0 fully saturated rings. The predicted molar refractivity (Wildman–Crippen MR) is 131 cm³/mol. The van der Waals surface area contributed by atoms with Crippen LogP contribution in [0, 0.1) is 0 Å². The van der Waals surface area contributed by atoms with Crippen molar-refractivity contribution in [2.45, 2.75) is 19.5 Å². The van der Waals surface area contributed by atoms with Gasteiger partial charge in [-0.2, -0.15) is 13.2 Å². The maximum absolute atomic E-state index is 13.8. The van der Waals surface area contributed by atoms with E-state index >= 15 is 0 Å². The van der Waals surface area contributed by atoms with Gasteiger partial charge in [0.2, 0.25) is 11.2 Å². The minimum atomic E-state index is -5.08. The van der Waals surface area contributed by atoms with E-state index in [1.807, 2.05) is 6.92 Å². The average Bonchev–Trinajstić information content (AvgIpc) is 3.14. The summed E-state index contributed by atoms with van der Waals surface area (Å²) in [6.45, 7) is 1.18. The molecule has 0 atom stereocenters. The Labute approximate surface area is 218 Å². The van der Waals surface area contributed by atoms with E-state index in [4.69, 9.17) is 13.9 Å². The lowest BCUT2D eigenvalue weighted by molar-refractivity contribution is -0.154. The molecule has 198 valence electrons. The van der Waals surface area contributed by atoms with Crippen LogP contribution < -0.4 is 14.9 Å². The molecule has 5 rings (SSSR count). The van der Waals surface area contributed by atoms with Crippen molar-refractivity contribution in [1.82, 2.24) is 4.90 Å². The van der Waals surface area contributed by atoms with E-state index < -0.39 is 53.0 Å². The summed E-state index contributed by atoms with van der Waals surface area (Å²) in [6.07, 6.45) is -4.37. The summed E-state index contributed by atoms with van der Waals surface area (Å²) in [5.41, 5.74) is -0.378. The van der Waals surface area contributed by atoms with E-state index in [1.54, 1.807) is 24.3 Å². The number of esters is 1. The summed E-state index contributed by atoms with van der Waals surface area (Å²) in [5, 5.41) is -0.247. The molecule has 8 nitrogen and oxygen atoms in total. The summed E-state index contributed by atoms with van der Waals surface area (Å²) in [6, 6.07) is 15.5. The van der Waals surface area contributed by atoms with Crippen LogP contribution in [-0.2, 0) is 17.4 Å². The average molecular weight is 537 g/mol. The number of rotatable bonds is 6. The number of carbonyl (C=O) groups is 3. The number of nitrogens with zero attached hydrogens (tertiary/aromatic N) is 1. The number of halogens is 3. The number of aryl methyl sites for hydroxylation is 1. The number of imide groups is 1. The van der Waals surface area contributed by atoms with Gasteiger partial charge in [-0.05, 0) is 48.4 Å². The van der Waals surface area contributed by atoms with Gasteiger partial charge in [-0.15, -0.1) is 0 Å². The van der Waals surface area contributed by atoms with Gasteiger partial charge in [-0.3, -0.25) is 19.3 Å². The maximum Gasteiger partial charge on any atom is 0.453 e. The number of carbonyl (C=O) groups excluding carboxylic acids is 3. The number of benzene rings is 3. The highest BCUT2D eigenvalue weighted by Crippen LogP contribution is 2.38. The Morgan fingerprint density at radius 2 is 1.51 bits per heavy atom. The molecule has 11 heteroatoms. The summed E-state index contributed by atoms with van der Waals surface area (Å²) in [7, 11) is 0. The van der Waals surface area contributed by atoms with Gasteiger partial charge >= 0.3 is 12.1 Å². The molecule has 39 heavy (non-hydrogen) atoms. The molecule has 3 aromatic carbocycles. The Hall–Kier alpha value is -4.93. The van der Waals surface area contributed by atoms with E-state index in [0.717, 1.165) is 17.7 Å². The van der Waals surface area contributed by atoms with Gasteiger partial charge in [0.1, 0.15) is 23.6 Å². The molecule has 2 amide bonds. The number of hydrogen-bond acceptors (Lipinski definition) is 7. The van der Waals surface area contributed by atoms with E-state index in [0.29, 0.717) is 11.3 Å². The molecule has 0 spiro atoms. The second-order valence-corrected chi connectivity index (χ2v) is 8.56. The van der Waals surface area contributed by atoms with Crippen LogP contribution in [-0.4, -0.2) is 29.2 Å². The topological polar surface area (TPSA) is 103 Å². The zero-order valence-corrected chi connectivity index (χ0v) is 20.2. The third-order valence-corrected chi connectivity index (χ3v) is 6.03. The van der Waals surface area contributed by atoms with Crippen molar-refractivity contribution < 1.29 is 41.4 Å². The minimum Gasteiger partial charge on any atom is -0.449 e. The first kappa shape index (κ1) is 25.7. The van der Waals surface area contributed by atoms with Gasteiger partial charge in [0.25, 0.3) is 17.6 Å². The van der Waals surface area contributed by atoms with E-state index in [-0.39, 0.29) is 28.0 Å². The lowest BCUT2D eigenvalue weighted by atomic mass is 10.1. The Bertz CT molecular complexity index is 1660. The lowest BCUT2D eigenvalue weighted by Gasteiger charge is -2.14. The molecule has 0 N–H and O–H groups in total. The van der Waals surface area contributed by atoms with Gasteiger partial charge in [0, 0.05) is 6.07 Å². The van der Waals surface area contributed by atoms with Gasteiger partial charge < -0.3 is 13.9 Å². The van der Waals surface area contributed by atoms with Gasteiger partial charge in [-0.1, -0.05) is 31.2 Å². The number of alkyl halides is 3. The fourth-order valence-electron chi connectivity index (χ4n) is 4.09. The van der Waals surface area contributed by atoms with Crippen molar-refractivity contribution >= 4 is 28.8 Å².